The van der Waals surface area contributed by atoms with Crippen LogP contribution in [0.25, 0.3) is 0 Å². The molecule has 0 heterocycles. The number of hydrogen-bond donors (Lipinski definition) is 3. The van der Waals surface area contributed by atoms with Crippen LogP contribution in [0.5, 0.6) is 0 Å². The third kappa shape index (κ3) is 6.06. The van der Waals surface area contributed by atoms with Crippen molar-refractivity contribution in [2.75, 3.05) is 6.54 Å². The zero-order valence-corrected chi connectivity index (χ0v) is 12.7. The van der Waals surface area contributed by atoms with Gasteiger partial charge in [-0.3, -0.25) is 4.99 Å². The van der Waals surface area contributed by atoms with E-state index in [0.29, 0.717) is 25.0 Å². The average Bonchev–Trinajstić information content (AvgIpc) is 2.43. The molecule has 0 radical (unpaired) electrons. The van der Waals surface area contributed by atoms with Crippen molar-refractivity contribution in [1.29, 1.82) is 0 Å². The fourth-order valence-corrected chi connectivity index (χ4v) is 2.06. The average molecular weight is 277 g/mol. The van der Waals surface area contributed by atoms with Gasteiger partial charge in [-0.15, -0.1) is 0 Å². The molecule has 3 unspecified atom stereocenters. The standard InChI is InChI=1S/C16H27N3O/c1-4-12(2)19-16(17)18-11-15(10-13(3)20)14-8-6-5-7-9-14/h5-9,12-13,15,20H,4,10-11H2,1-3H3,(H3,17,18,19). The summed E-state index contributed by atoms with van der Waals surface area (Å²) in [4.78, 5) is 4.41. The zero-order valence-electron chi connectivity index (χ0n) is 12.7. The summed E-state index contributed by atoms with van der Waals surface area (Å²) >= 11 is 0. The molecule has 0 saturated heterocycles. The van der Waals surface area contributed by atoms with Gasteiger partial charge in [0, 0.05) is 18.5 Å². The van der Waals surface area contributed by atoms with Crippen molar-refractivity contribution in [1.82, 2.24) is 5.32 Å². The molecule has 4 heteroatoms. The number of rotatable bonds is 7. The van der Waals surface area contributed by atoms with Crippen molar-refractivity contribution in [2.45, 2.75) is 51.7 Å². The first-order valence-electron chi connectivity index (χ1n) is 7.32. The number of guanidine groups is 1. The Hall–Kier alpha value is -1.55. The Bertz CT molecular complexity index is 403. The molecule has 1 rings (SSSR count). The lowest BCUT2D eigenvalue weighted by atomic mass is 9.93. The lowest BCUT2D eigenvalue weighted by molar-refractivity contribution is 0.175. The van der Waals surface area contributed by atoms with Gasteiger partial charge in [-0.05, 0) is 32.3 Å². The first-order chi connectivity index (χ1) is 9.52. The van der Waals surface area contributed by atoms with E-state index in [2.05, 4.69) is 36.3 Å². The molecule has 0 aliphatic heterocycles. The summed E-state index contributed by atoms with van der Waals surface area (Å²) in [6.45, 7) is 6.57. The van der Waals surface area contributed by atoms with Crippen molar-refractivity contribution in [3.63, 3.8) is 0 Å². The van der Waals surface area contributed by atoms with Gasteiger partial charge in [0.05, 0.1) is 6.10 Å². The van der Waals surface area contributed by atoms with E-state index in [1.54, 1.807) is 6.92 Å². The molecular weight excluding hydrogens is 250 g/mol. The summed E-state index contributed by atoms with van der Waals surface area (Å²) in [5.41, 5.74) is 7.07. The highest BCUT2D eigenvalue weighted by molar-refractivity contribution is 5.78. The number of aliphatic hydroxyl groups is 1. The van der Waals surface area contributed by atoms with E-state index in [1.807, 2.05) is 18.2 Å². The van der Waals surface area contributed by atoms with Crippen LogP contribution in [0, 0.1) is 0 Å². The highest BCUT2D eigenvalue weighted by Crippen LogP contribution is 2.21. The minimum atomic E-state index is -0.348. The Morgan fingerprint density at radius 1 is 1.30 bits per heavy atom. The van der Waals surface area contributed by atoms with E-state index < -0.39 is 0 Å². The Kier molecular flexibility index (Phi) is 7.09. The van der Waals surface area contributed by atoms with Gasteiger partial charge in [0.2, 0.25) is 0 Å². The maximum Gasteiger partial charge on any atom is 0.188 e. The van der Waals surface area contributed by atoms with Gasteiger partial charge < -0.3 is 16.2 Å². The van der Waals surface area contributed by atoms with Gasteiger partial charge in [0.15, 0.2) is 5.96 Å². The number of nitrogens with one attached hydrogen (secondary N) is 1. The van der Waals surface area contributed by atoms with Crippen LogP contribution in [0.4, 0.5) is 0 Å². The molecule has 0 spiro atoms. The molecule has 0 aliphatic carbocycles. The molecule has 112 valence electrons. The van der Waals surface area contributed by atoms with Crippen LogP contribution in [0.15, 0.2) is 35.3 Å². The Morgan fingerprint density at radius 2 is 1.95 bits per heavy atom. The van der Waals surface area contributed by atoms with E-state index in [4.69, 9.17) is 5.73 Å². The number of benzene rings is 1. The van der Waals surface area contributed by atoms with Gasteiger partial charge >= 0.3 is 0 Å². The molecule has 0 bridgehead atoms. The highest BCUT2D eigenvalue weighted by atomic mass is 16.3. The fraction of sp³-hybridized carbons (Fsp3) is 0.562. The SMILES string of the molecule is CCC(C)NC(N)=NCC(CC(C)O)c1ccccc1. The minimum absolute atomic E-state index is 0.188. The predicted molar refractivity (Wildman–Crippen MR) is 84.9 cm³/mol. The van der Waals surface area contributed by atoms with Gasteiger partial charge in [-0.1, -0.05) is 37.3 Å². The molecule has 4 N–H and O–H groups in total. The van der Waals surface area contributed by atoms with Crippen molar-refractivity contribution in [3.05, 3.63) is 35.9 Å². The van der Waals surface area contributed by atoms with Gasteiger partial charge in [-0.2, -0.15) is 0 Å². The molecule has 20 heavy (non-hydrogen) atoms. The Morgan fingerprint density at radius 3 is 2.50 bits per heavy atom. The van der Waals surface area contributed by atoms with Crippen LogP contribution < -0.4 is 11.1 Å². The monoisotopic (exact) mass is 277 g/mol. The number of nitrogens with two attached hydrogens (primary N) is 1. The van der Waals surface area contributed by atoms with Crippen LogP contribution in [0.3, 0.4) is 0 Å². The molecule has 3 atom stereocenters. The normalized spacial score (nSPS) is 16.5. The number of aliphatic hydroxyl groups excluding tert-OH is 1. The fourth-order valence-electron chi connectivity index (χ4n) is 2.06. The molecule has 1 aromatic carbocycles. The van der Waals surface area contributed by atoms with Crippen molar-refractivity contribution >= 4 is 5.96 Å². The molecule has 0 amide bonds. The van der Waals surface area contributed by atoms with E-state index in [-0.39, 0.29) is 12.0 Å². The molecule has 0 saturated carbocycles. The van der Waals surface area contributed by atoms with Crippen LogP contribution in [0.1, 0.15) is 45.1 Å². The molecule has 4 nitrogen and oxygen atoms in total. The smallest absolute Gasteiger partial charge is 0.188 e. The van der Waals surface area contributed by atoms with Crippen LogP contribution in [0.2, 0.25) is 0 Å². The number of nitrogens with zero attached hydrogens (tertiary/aromatic N) is 1. The van der Waals surface area contributed by atoms with E-state index >= 15 is 0 Å². The molecule has 0 aromatic heterocycles. The van der Waals surface area contributed by atoms with Crippen LogP contribution >= 0.6 is 0 Å². The topological polar surface area (TPSA) is 70.6 Å². The van der Waals surface area contributed by atoms with Crippen molar-refractivity contribution in [2.24, 2.45) is 10.7 Å². The lowest BCUT2D eigenvalue weighted by Gasteiger charge is -2.18. The summed E-state index contributed by atoms with van der Waals surface area (Å²) < 4.78 is 0. The maximum absolute atomic E-state index is 9.64. The third-order valence-corrected chi connectivity index (χ3v) is 3.39. The van der Waals surface area contributed by atoms with Gasteiger partial charge in [0.1, 0.15) is 0 Å². The van der Waals surface area contributed by atoms with Gasteiger partial charge in [0.25, 0.3) is 0 Å². The summed E-state index contributed by atoms with van der Waals surface area (Å²) in [6, 6.07) is 10.5. The number of aliphatic imine (C=N–C) groups is 1. The summed E-state index contributed by atoms with van der Waals surface area (Å²) in [5.74, 6) is 0.666. The Balaban J connectivity index is 2.68. The maximum atomic E-state index is 9.64. The van der Waals surface area contributed by atoms with Crippen molar-refractivity contribution in [3.8, 4) is 0 Å². The number of hydrogen-bond acceptors (Lipinski definition) is 2. The van der Waals surface area contributed by atoms with Crippen LogP contribution in [-0.2, 0) is 0 Å². The van der Waals surface area contributed by atoms with E-state index in [1.165, 1.54) is 5.56 Å². The minimum Gasteiger partial charge on any atom is -0.393 e. The second kappa shape index (κ2) is 8.59. The quantitative estimate of drug-likeness (QED) is 0.529. The lowest BCUT2D eigenvalue weighted by Crippen LogP contribution is -2.38. The summed E-state index contributed by atoms with van der Waals surface area (Å²) in [6.07, 6.45) is 1.34. The van der Waals surface area contributed by atoms with E-state index in [0.717, 1.165) is 6.42 Å². The largest absolute Gasteiger partial charge is 0.393 e. The zero-order chi connectivity index (χ0) is 15.0. The second-order valence-corrected chi connectivity index (χ2v) is 5.37. The van der Waals surface area contributed by atoms with Crippen LogP contribution in [-0.4, -0.2) is 29.8 Å². The molecule has 1 aromatic rings. The molecule has 0 fully saturated rings. The summed E-state index contributed by atoms with van der Waals surface area (Å²) in [7, 11) is 0. The molecule has 0 aliphatic rings. The first kappa shape index (κ1) is 16.5. The van der Waals surface area contributed by atoms with Crippen molar-refractivity contribution < 1.29 is 5.11 Å². The first-order valence-corrected chi connectivity index (χ1v) is 7.32. The second-order valence-electron chi connectivity index (χ2n) is 5.37. The van der Waals surface area contributed by atoms with Gasteiger partial charge in [-0.25, -0.2) is 0 Å². The highest BCUT2D eigenvalue weighted by Gasteiger charge is 2.14. The third-order valence-electron chi connectivity index (χ3n) is 3.39. The molecular formula is C16H27N3O. The van der Waals surface area contributed by atoms with E-state index in [9.17, 15) is 5.11 Å². The summed E-state index contributed by atoms with van der Waals surface area (Å²) in [5, 5.41) is 12.8. The predicted octanol–water partition coefficient (Wildman–Crippen LogP) is 2.24. The Labute approximate surface area is 122 Å².